The van der Waals surface area contributed by atoms with Gasteiger partial charge in [0, 0.05) is 12.6 Å². The van der Waals surface area contributed by atoms with Crippen molar-refractivity contribution in [3.8, 4) is 0 Å². The van der Waals surface area contributed by atoms with Crippen LogP contribution in [0, 0.1) is 6.92 Å². The number of allylic oxidation sites excluding steroid dienone is 1. The minimum absolute atomic E-state index is 0.104. The van der Waals surface area contributed by atoms with Crippen LogP contribution in [0.15, 0.2) is 65.6 Å². The first-order valence-electron chi connectivity index (χ1n) is 7.92. The molecule has 1 aromatic carbocycles. The van der Waals surface area contributed by atoms with E-state index < -0.39 is 10.0 Å². The normalized spacial score (nSPS) is 18.7. The maximum absolute atomic E-state index is 13.0. The van der Waals surface area contributed by atoms with Crippen molar-refractivity contribution in [1.29, 1.82) is 0 Å². The average Bonchev–Trinajstić information content (AvgIpc) is 2.93. The lowest BCUT2D eigenvalue weighted by atomic mass is 10.1. The molecule has 0 aliphatic carbocycles. The van der Waals surface area contributed by atoms with Gasteiger partial charge in [-0.2, -0.15) is 4.31 Å². The Balaban J connectivity index is 2.29. The van der Waals surface area contributed by atoms with Crippen LogP contribution in [-0.4, -0.2) is 25.3 Å². The number of nitrogens with zero attached hydrogens (tertiary/aromatic N) is 1. The van der Waals surface area contributed by atoms with E-state index in [1.165, 1.54) is 0 Å². The molecule has 0 bridgehead atoms. The third-order valence-electron chi connectivity index (χ3n) is 4.17. The van der Waals surface area contributed by atoms with Crippen molar-refractivity contribution >= 4 is 10.0 Å². The molecule has 4 heteroatoms. The molecule has 124 valence electrons. The molecular formula is C19H25NO2S. The van der Waals surface area contributed by atoms with Crippen molar-refractivity contribution in [2.75, 3.05) is 6.54 Å². The van der Waals surface area contributed by atoms with E-state index in [1.54, 1.807) is 16.4 Å². The highest BCUT2D eigenvalue weighted by Crippen LogP contribution is 2.30. The van der Waals surface area contributed by atoms with E-state index in [0.29, 0.717) is 11.4 Å². The van der Waals surface area contributed by atoms with Gasteiger partial charge in [0.25, 0.3) is 0 Å². The van der Waals surface area contributed by atoms with Crippen molar-refractivity contribution in [2.45, 2.75) is 44.0 Å². The monoisotopic (exact) mass is 331 g/mol. The standard InChI is InChI=1S/C19H25NO2S/c1-5-6-7-8-18-13-17(15(2)3)14-20(18)23(21,22)19-11-9-16(4)10-12-19/h5,9-13,18H,1-2,6-8,14H2,3-4H3. The highest BCUT2D eigenvalue weighted by molar-refractivity contribution is 7.89. The molecule has 0 spiro atoms. The first kappa shape index (κ1) is 17.7. The minimum Gasteiger partial charge on any atom is -0.207 e. The van der Waals surface area contributed by atoms with E-state index in [4.69, 9.17) is 0 Å². The smallest absolute Gasteiger partial charge is 0.207 e. The lowest BCUT2D eigenvalue weighted by Gasteiger charge is -2.24. The predicted molar refractivity (Wildman–Crippen MR) is 95.8 cm³/mol. The Bertz CT molecular complexity index is 714. The lowest BCUT2D eigenvalue weighted by molar-refractivity contribution is 0.387. The summed E-state index contributed by atoms with van der Waals surface area (Å²) in [6.45, 7) is 12.0. The number of unbranched alkanes of at least 4 members (excludes halogenated alkanes) is 1. The number of sulfonamides is 1. The number of rotatable bonds is 7. The molecule has 0 radical (unpaired) electrons. The summed E-state index contributed by atoms with van der Waals surface area (Å²) in [5, 5.41) is 0. The molecule has 1 heterocycles. The van der Waals surface area contributed by atoms with Gasteiger partial charge >= 0.3 is 0 Å². The van der Waals surface area contributed by atoms with E-state index in [1.807, 2.05) is 32.1 Å². The van der Waals surface area contributed by atoms with E-state index in [2.05, 4.69) is 19.2 Å². The van der Waals surface area contributed by atoms with Gasteiger partial charge in [-0.3, -0.25) is 0 Å². The Morgan fingerprint density at radius 1 is 1.35 bits per heavy atom. The molecule has 0 saturated carbocycles. The second-order valence-corrected chi connectivity index (χ2v) is 8.01. The fraction of sp³-hybridized carbons (Fsp3) is 0.368. The van der Waals surface area contributed by atoms with Crippen molar-refractivity contribution in [3.05, 3.63) is 66.3 Å². The Morgan fingerprint density at radius 3 is 2.57 bits per heavy atom. The molecule has 23 heavy (non-hydrogen) atoms. The molecule has 1 aliphatic heterocycles. The third-order valence-corrected chi connectivity index (χ3v) is 6.06. The Morgan fingerprint density at radius 2 is 2.00 bits per heavy atom. The highest BCUT2D eigenvalue weighted by atomic mass is 32.2. The molecule has 0 fully saturated rings. The van der Waals surface area contributed by atoms with Crippen LogP contribution in [-0.2, 0) is 10.0 Å². The molecule has 1 aromatic rings. The second kappa shape index (κ2) is 7.28. The van der Waals surface area contributed by atoms with Gasteiger partial charge < -0.3 is 0 Å². The highest BCUT2D eigenvalue weighted by Gasteiger charge is 2.35. The Labute approximate surface area is 140 Å². The topological polar surface area (TPSA) is 37.4 Å². The third kappa shape index (κ3) is 4.01. The summed E-state index contributed by atoms with van der Waals surface area (Å²) < 4.78 is 27.6. The van der Waals surface area contributed by atoms with Crippen LogP contribution in [0.1, 0.15) is 31.7 Å². The van der Waals surface area contributed by atoms with E-state index in [0.717, 1.165) is 36.0 Å². The van der Waals surface area contributed by atoms with Gasteiger partial charge in [-0.1, -0.05) is 42.0 Å². The Kier molecular flexibility index (Phi) is 5.60. The van der Waals surface area contributed by atoms with E-state index >= 15 is 0 Å². The van der Waals surface area contributed by atoms with Crippen LogP contribution in [0.2, 0.25) is 0 Å². The van der Waals surface area contributed by atoms with E-state index in [9.17, 15) is 8.42 Å². The number of hydrogen-bond donors (Lipinski definition) is 0. The fourth-order valence-corrected chi connectivity index (χ4v) is 4.32. The Hall–Kier alpha value is -1.65. The van der Waals surface area contributed by atoms with Crippen LogP contribution >= 0.6 is 0 Å². The average molecular weight is 331 g/mol. The van der Waals surface area contributed by atoms with Crippen molar-refractivity contribution in [3.63, 3.8) is 0 Å². The zero-order chi connectivity index (χ0) is 17.0. The largest absolute Gasteiger partial charge is 0.243 e. The fourth-order valence-electron chi connectivity index (χ4n) is 2.74. The van der Waals surface area contributed by atoms with Gasteiger partial charge in [-0.15, -0.1) is 6.58 Å². The molecule has 1 aliphatic rings. The number of benzene rings is 1. The van der Waals surface area contributed by atoms with Gasteiger partial charge in [0.1, 0.15) is 0 Å². The van der Waals surface area contributed by atoms with Crippen LogP contribution in [0.3, 0.4) is 0 Å². The maximum atomic E-state index is 13.0. The SMILES string of the molecule is C=CCCCC1C=C(C(=C)C)CN1S(=O)(=O)c1ccc(C)cc1. The summed E-state index contributed by atoms with van der Waals surface area (Å²) in [4.78, 5) is 0.355. The lowest BCUT2D eigenvalue weighted by Crippen LogP contribution is -2.36. The molecule has 3 nitrogen and oxygen atoms in total. The zero-order valence-corrected chi connectivity index (χ0v) is 14.8. The second-order valence-electron chi connectivity index (χ2n) is 6.12. The van der Waals surface area contributed by atoms with Crippen molar-refractivity contribution < 1.29 is 8.42 Å². The number of aryl methyl sites for hydroxylation is 1. The molecule has 0 amide bonds. The van der Waals surface area contributed by atoms with E-state index in [-0.39, 0.29) is 6.04 Å². The summed E-state index contributed by atoms with van der Waals surface area (Å²) in [6.07, 6.45) is 6.54. The molecule has 0 N–H and O–H groups in total. The molecule has 1 unspecified atom stereocenters. The van der Waals surface area contributed by atoms with Gasteiger partial charge in [0.05, 0.1) is 4.90 Å². The summed E-state index contributed by atoms with van der Waals surface area (Å²) in [6, 6.07) is 6.94. The quantitative estimate of drug-likeness (QED) is 0.554. The summed E-state index contributed by atoms with van der Waals surface area (Å²) in [7, 11) is -3.49. The van der Waals surface area contributed by atoms with Crippen molar-refractivity contribution in [1.82, 2.24) is 4.31 Å². The van der Waals surface area contributed by atoms with Crippen LogP contribution < -0.4 is 0 Å². The predicted octanol–water partition coefficient (Wildman–Crippen LogP) is 4.23. The number of hydrogen-bond acceptors (Lipinski definition) is 2. The summed E-state index contributed by atoms with van der Waals surface area (Å²) in [5.74, 6) is 0. The van der Waals surface area contributed by atoms with Gasteiger partial charge in [0.2, 0.25) is 10.0 Å². The maximum Gasteiger partial charge on any atom is 0.243 e. The van der Waals surface area contributed by atoms with Gasteiger partial charge in [0.15, 0.2) is 0 Å². The molecule has 1 atom stereocenters. The first-order chi connectivity index (χ1) is 10.9. The zero-order valence-electron chi connectivity index (χ0n) is 14.0. The molecule has 0 saturated heterocycles. The minimum atomic E-state index is -3.49. The molecule has 0 aromatic heterocycles. The van der Waals surface area contributed by atoms with Crippen LogP contribution in [0.5, 0.6) is 0 Å². The van der Waals surface area contributed by atoms with Gasteiger partial charge in [-0.25, -0.2) is 8.42 Å². The van der Waals surface area contributed by atoms with Crippen LogP contribution in [0.4, 0.5) is 0 Å². The molecular weight excluding hydrogens is 306 g/mol. The van der Waals surface area contributed by atoms with Crippen molar-refractivity contribution in [2.24, 2.45) is 0 Å². The summed E-state index contributed by atoms with van der Waals surface area (Å²) in [5.41, 5.74) is 3.00. The first-order valence-corrected chi connectivity index (χ1v) is 9.36. The van der Waals surface area contributed by atoms with Gasteiger partial charge in [-0.05, 0) is 50.8 Å². The van der Waals surface area contributed by atoms with Crippen LogP contribution in [0.25, 0.3) is 0 Å². The molecule has 2 rings (SSSR count). The summed E-state index contributed by atoms with van der Waals surface area (Å²) >= 11 is 0.